The number of nitrogens with zero attached hydrogens (tertiary/aromatic N) is 1. The maximum atomic E-state index is 11.8. The molecule has 0 bridgehead atoms. The largest absolute Gasteiger partial charge is 0.462 e. The summed E-state index contributed by atoms with van der Waals surface area (Å²) in [7, 11) is 0. The van der Waals surface area contributed by atoms with Crippen LogP contribution < -0.4 is 0 Å². The summed E-state index contributed by atoms with van der Waals surface area (Å²) >= 11 is 0. The van der Waals surface area contributed by atoms with Crippen molar-refractivity contribution in [3.8, 4) is 6.07 Å². The quantitative estimate of drug-likeness (QED) is 0.687. The van der Waals surface area contributed by atoms with E-state index >= 15 is 0 Å². The van der Waals surface area contributed by atoms with Crippen molar-refractivity contribution in [3.05, 3.63) is 71.5 Å². The molecule has 0 aliphatic heterocycles. The number of benzene rings is 2. The molecule has 4 nitrogen and oxygen atoms in total. The number of fused-ring (bicyclic) bond motifs is 1. The number of carbonyl (C=O) groups is 1. The third-order valence-electron chi connectivity index (χ3n) is 3.29. The SMILES string of the molecule is N#Cc1ccc2oc(CCOC(=O)c3ccccc3)cc2c1. The molecule has 0 N–H and O–H groups in total. The molecule has 0 aliphatic carbocycles. The van der Waals surface area contributed by atoms with Crippen molar-refractivity contribution in [2.75, 3.05) is 6.61 Å². The van der Waals surface area contributed by atoms with E-state index in [2.05, 4.69) is 6.07 Å². The van der Waals surface area contributed by atoms with Gasteiger partial charge in [-0.05, 0) is 36.4 Å². The van der Waals surface area contributed by atoms with Crippen molar-refractivity contribution < 1.29 is 13.9 Å². The molecule has 0 aliphatic rings. The van der Waals surface area contributed by atoms with Gasteiger partial charge in [0.2, 0.25) is 0 Å². The van der Waals surface area contributed by atoms with Gasteiger partial charge < -0.3 is 9.15 Å². The first-order valence-corrected chi connectivity index (χ1v) is 6.91. The molecule has 0 unspecified atom stereocenters. The van der Waals surface area contributed by atoms with Crippen molar-refractivity contribution in [2.24, 2.45) is 0 Å². The van der Waals surface area contributed by atoms with Gasteiger partial charge in [0.15, 0.2) is 0 Å². The van der Waals surface area contributed by atoms with Gasteiger partial charge in [0.25, 0.3) is 0 Å². The number of furan rings is 1. The van der Waals surface area contributed by atoms with Crippen LogP contribution in [-0.2, 0) is 11.2 Å². The molecular weight excluding hydrogens is 278 g/mol. The fourth-order valence-corrected chi connectivity index (χ4v) is 2.19. The number of hydrogen-bond acceptors (Lipinski definition) is 4. The predicted molar refractivity (Wildman–Crippen MR) is 81.4 cm³/mol. The molecule has 0 radical (unpaired) electrons. The van der Waals surface area contributed by atoms with Gasteiger partial charge in [-0.2, -0.15) is 5.26 Å². The van der Waals surface area contributed by atoms with Gasteiger partial charge in [0.05, 0.1) is 23.8 Å². The minimum atomic E-state index is -0.344. The molecule has 0 saturated heterocycles. The Morgan fingerprint density at radius 1 is 1.14 bits per heavy atom. The lowest BCUT2D eigenvalue weighted by Gasteiger charge is -2.03. The topological polar surface area (TPSA) is 63.2 Å². The Kier molecular flexibility index (Phi) is 3.88. The summed E-state index contributed by atoms with van der Waals surface area (Å²) in [6.07, 6.45) is 0.495. The smallest absolute Gasteiger partial charge is 0.338 e. The monoisotopic (exact) mass is 291 g/mol. The molecule has 1 heterocycles. The zero-order valence-corrected chi connectivity index (χ0v) is 11.8. The maximum Gasteiger partial charge on any atom is 0.338 e. The highest BCUT2D eigenvalue weighted by atomic mass is 16.5. The van der Waals surface area contributed by atoms with Crippen molar-refractivity contribution in [2.45, 2.75) is 6.42 Å². The lowest BCUT2D eigenvalue weighted by atomic mass is 10.2. The lowest BCUT2D eigenvalue weighted by molar-refractivity contribution is 0.0505. The van der Waals surface area contributed by atoms with Crippen LogP contribution in [0.1, 0.15) is 21.7 Å². The number of ether oxygens (including phenoxy) is 1. The molecule has 108 valence electrons. The van der Waals surface area contributed by atoms with Crippen LogP contribution in [0.4, 0.5) is 0 Å². The summed E-state index contributed by atoms with van der Waals surface area (Å²) in [6, 6.07) is 18.1. The van der Waals surface area contributed by atoms with Crippen LogP contribution in [-0.4, -0.2) is 12.6 Å². The number of rotatable bonds is 4. The Labute approximate surface area is 127 Å². The molecule has 0 spiro atoms. The van der Waals surface area contributed by atoms with E-state index in [9.17, 15) is 4.79 Å². The van der Waals surface area contributed by atoms with Gasteiger partial charge in [-0.1, -0.05) is 18.2 Å². The highest BCUT2D eigenvalue weighted by molar-refractivity contribution is 5.89. The van der Waals surface area contributed by atoms with Gasteiger partial charge in [-0.15, -0.1) is 0 Å². The Balaban J connectivity index is 1.62. The molecule has 0 atom stereocenters. The van der Waals surface area contributed by atoms with E-state index in [-0.39, 0.29) is 12.6 Å². The van der Waals surface area contributed by atoms with Gasteiger partial charge >= 0.3 is 5.97 Å². The average molecular weight is 291 g/mol. The van der Waals surface area contributed by atoms with Crippen LogP contribution in [0.3, 0.4) is 0 Å². The molecule has 3 rings (SSSR count). The van der Waals surface area contributed by atoms with Crippen molar-refractivity contribution in [1.29, 1.82) is 5.26 Å². The van der Waals surface area contributed by atoms with E-state index in [1.165, 1.54) is 0 Å². The summed E-state index contributed by atoms with van der Waals surface area (Å²) in [5.41, 5.74) is 1.85. The molecule has 0 amide bonds. The summed E-state index contributed by atoms with van der Waals surface area (Å²) in [4.78, 5) is 11.8. The van der Waals surface area contributed by atoms with Crippen molar-refractivity contribution in [3.63, 3.8) is 0 Å². The molecule has 0 fully saturated rings. The zero-order chi connectivity index (χ0) is 15.4. The van der Waals surface area contributed by atoms with E-state index in [4.69, 9.17) is 14.4 Å². The average Bonchev–Trinajstić information content (AvgIpc) is 2.97. The Hall–Kier alpha value is -3.06. The standard InChI is InChI=1S/C18H13NO3/c19-12-13-6-7-17-15(10-13)11-16(22-17)8-9-21-18(20)14-4-2-1-3-5-14/h1-7,10-11H,8-9H2. The third-order valence-corrected chi connectivity index (χ3v) is 3.29. The van der Waals surface area contributed by atoms with E-state index in [1.807, 2.05) is 12.1 Å². The second-order valence-corrected chi connectivity index (χ2v) is 4.83. The van der Waals surface area contributed by atoms with Gasteiger partial charge in [-0.3, -0.25) is 0 Å². The van der Waals surface area contributed by atoms with Crippen LogP contribution in [0, 0.1) is 11.3 Å². The first-order chi connectivity index (χ1) is 10.8. The van der Waals surface area contributed by atoms with Crippen LogP contribution >= 0.6 is 0 Å². The molecular formula is C18H13NO3. The molecule has 2 aromatic carbocycles. The van der Waals surface area contributed by atoms with E-state index in [0.29, 0.717) is 17.5 Å². The van der Waals surface area contributed by atoms with Gasteiger partial charge in [0.1, 0.15) is 11.3 Å². The number of esters is 1. The fraction of sp³-hybridized carbons (Fsp3) is 0.111. The minimum Gasteiger partial charge on any atom is -0.462 e. The van der Waals surface area contributed by atoms with Gasteiger partial charge in [0, 0.05) is 11.8 Å². The number of carbonyl (C=O) groups excluding carboxylic acids is 1. The van der Waals surface area contributed by atoms with Crippen molar-refractivity contribution in [1.82, 2.24) is 0 Å². The van der Waals surface area contributed by atoms with Crippen LogP contribution in [0.5, 0.6) is 0 Å². The number of nitriles is 1. The highest BCUT2D eigenvalue weighted by Crippen LogP contribution is 2.21. The molecule has 3 aromatic rings. The highest BCUT2D eigenvalue weighted by Gasteiger charge is 2.08. The van der Waals surface area contributed by atoms with Crippen LogP contribution in [0.25, 0.3) is 11.0 Å². The maximum absolute atomic E-state index is 11.8. The number of hydrogen-bond donors (Lipinski definition) is 0. The Morgan fingerprint density at radius 3 is 2.73 bits per heavy atom. The Morgan fingerprint density at radius 2 is 1.95 bits per heavy atom. The molecule has 1 aromatic heterocycles. The summed E-state index contributed by atoms with van der Waals surface area (Å²) in [6.45, 7) is 0.249. The minimum absolute atomic E-state index is 0.249. The van der Waals surface area contributed by atoms with E-state index < -0.39 is 0 Å². The van der Waals surface area contributed by atoms with E-state index in [1.54, 1.807) is 42.5 Å². The third kappa shape index (κ3) is 2.99. The fourth-order valence-electron chi connectivity index (χ4n) is 2.19. The zero-order valence-electron chi connectivity index (χ0n) is 11.8. The molecule has 4 heteroatoms. The second kappa shape index (κ2) is 6.15. The normalized spacial score (nSPS) is 10.3. The van der Waals surface area contributed by atoms with Crippen LogP contribution in [0.15, 0.2) is 59.0 Å². The van der Waals surface area contributed by atoms with Gasteiger partial charge in [-0.25, -0.2) is 4.79 Å². The lowest BCUT2D eigenvalue weighted by Crippen LogP contribution is -2.07. The Bertz CT molecular complexity index is 844. The summed E-state index contributed by atoms with van der Waals surface area (Å²) in [5, 5.41) is 9.75. The molecule has 22 heavy (non-hydrogen) atoms. The second-order valence-electron chi connectivity index (χ2n) is 4.83. The first-order valence-electron chi connectivity index (χ1n) is 6.91. The first kappa shape index (κ1) is 13.9. The summed E-state index contributed by atoms with van der Waals surface area (Å²) in [5.74, 6) is 0.384. The van der Waals surface area contributed by atoms with E-state index in [0.717, 1.165) is 16.7 Å². The van der Waals surface area contributed by atoms with Crippen molar-refractivity contribution >= 4 is 16.9 Å². The summed E-state index contributed by atoms with van der Waals surface area (Å²) < 4.78 is 10.9. The molecule has 0 saturated carbocycles. The van der Waals surface area contributed by atoms with Crippen LogP contribution in [0.2, 0.25) is 0 Å². The predicted octanol–water partition coefficient (Wildman–Crippen LogP) is 3.70.